The van der Waals surface area contributed by atoms with Gasteiger partial charge in [-0.15, -0.1) is 0 Å². The van der Waals surface area contributed by atoms with Crippen LogP contribution in [0.3, 0.4) is 0 Å². The average molecular weight is 238 g/mol. The second-order valence-corrected chi connectivity index (χ2v) is 4.58. The lowest BCUT2D eigenvalue weighted by Crippen LogP contribution is -2.44. The van der Waals surface area contributed by atoms with Gasteiger partial charge in [-0.1, -0.05) is 13.8 Å². The summed E-state index contributed by atoms with van der Waals surface area (Å²) in [7, 11) is 0. The number of rotatable bonds is 7. The van der Waals surface area contributed by atoms with Gasteiger partial charge in [-0.3, -0.25) is 9.48 Å². The maximum absolute atomic E-state index is 11.6. The van der Waals surface area contributed by atoms with Crippen LogP contribution in [0.4, 0.5) is 0 Å². The summed E-state index contributed by atoms with van der Waals surface area (Å²) in [5.74, 6) is 0.536. The Hall–Kier alpha value is -1.36. The van der Waals surface area contributed by atoms with E-state index in [2.05, 4.69) is 29.6 Å². The van der Waals surface area contributed by atoms with Crippen LogP contribution in [0.1, 0.15) is 20.8 Å². The fourth-order valence-corrected chi connectivity index (χ4v) is 1.38. The third-order valence-electron chi connectivity index (χ3n) is 2.43. The van der Waals surface area contributed by atoms with E-state index in [0.717, 1.165) is 19.6 Å². The molecule has 1 rings (SSSR count). The lowest BCUT2D eigenvalue weighted by atomic mass is 10.2. The molecule has 0 aliphatic carbocycles. The fraction of sp³-hybridized carbons (Fsp3) is 0.667. The van der Waals surface area contributed by atoms with Crippen molar-refractivity contribution in [3.8, 4) is 0 Å². The highest BCUT2D eigenvalue weighted by Gasteiger charge is 2.11. The van der Waals surface area contributed by atoms with E-state index >= 15 is 0 Å². The van der Waals surface area contributed by atoms with E-state index in [9.17, 15) is 4.79 Å². The van der Waals surface area contributed by atoms with E-state index in [0.29, 0.717) is 5.92 Å². The molecule has 17 heavy (non-hydrogen) atoms. The van der Waals surface area contributed by atoms with Crippen molar-refractivity contribution >= 4 is 5.91 Å². The van der Waals surface area contributed by atoms with Gasteiger partial charge in [0.1, 0.15) is 0 Å². The number of aromatic nitrogens is 2. The minimum atomic E-state index is -0.163. The monoisotopic (exact) mass is 238 g/mol. The van der Waals surface area contributed by atoms with Crippen molar-refractivity contribution in [2.75, 3.05) is 13.1 Å². The number of hydrogen-bond acceptors (Lipinski definition) is 3. The van der Waals surface area contributed by atoms with Gasteiger partial charge in [-0.25, -0.2) is 0 Å². The van der Waals surface area contributed by atoms with Crippen molar-refractivity contribution in [2.24, 2.45) is 5.92 Å². The lowest BCUT2D eigenvalue weighted by Gasteiger charge is -2.15. The molecule has 96 valence electrons. The van der Waals surface area contributed by atoms with E-state index in [1.807, 2.05) is 23.9 Å². The van der Waals surface area contributed by atoms with E-state index in [1.165, 1.54) is 0 Å². The predicted molar refractivity (Wildman–Crippen MR) is 67.5 cm³/mol. The van der Waals surface area contributed by atoms with Crippen LogP contribution in [0.25, 0.3) is 0 Å². The Morgan fingerprint density at radius 1 is 1.41 bits per heavy atom. The zero-order valence-corrected chi connectivity index (χ0v) is 10.8. The molecular weight excluding hydrogens is 216 g/mol. The number of nitrogens with zero attached hydrogens (tertiary/aromatic N) is 2. The molecule has 0 aliphatic heterocycles. The number of carbonyl (C=O) groups is 1. The van der Waals surface area contributed by atoms with Crippen molar-refractivity contribution in [1.82, 2.24) is 20.4 Å². The number of hydrogen-bond donors (Lipinski definition) is 2. The first-order valence-corrected chi connectivity index (χ1v) is 6.08. The lowest BCUT2D eigenvalue weighted by molar-refractivity contribution is -0.122. The first-order valence-electron chi connectivity index (χ1n) is 6.08. The van der Waals surface area contributed by atoms with Crippen molar-refractivity contribution < 1.29 is 4.79 Å². The summed E-state index contributed by atoms with van der Waals surface area (Å²) in [6, 6.07) is 1.72. The third kappa shape index (κ3) is 5.49. The van der Waals surface area contributed by atoms with Crippen LogP contribution in [0.5, 0.6) is 0 Å². The Morgan fingerprint density at radius 3 is 2.76 bits per heavy atom. The van der Waals surface area contributed by atoms with Crippen molar-refractivity contribution in [1.29, 1.82) is 0 Å². The average Bonchev–Trinajstić information content (AvgIpc) is 2.78. The van der Waals surface area contributed by atoms with Crippen LogP contribution in [0.2, 0.25) is 0 Å². The van der Waals surface area contributed by atoms with Crippen molar-refractivity contribution in [3.05, 3.63) is 18.5 Å². The highest BCUT2D eigenvalue weighted by Crippen LogP contribution is 1.89. The van der Waals surface area contributed by atoms with Gasteiger partial charge in [-0.2, -0.15) is 5.10 Å². The molecule has 0 radical (unpaired) electrons. The van der Waals surface area contributed by atoms with Crippen LogP contribution in [-0.2, 0) is 11.3 Å². The molecule has 0 spiro atoms. The standard InChI is InChI=1S/C12H22N4O/c1-10(2)9-14-12(17)11(3)13-6-8-16-7-4-5-15-16/h4-5,7,10-11,13H,6,8-9H2,1-3H3,(H,14,17)/t11-/m0/s1. The molecule has 1 aromatic rings. The molecule has 0 aliphatic rings. The summed E-state index contributed by atoms with van der Waals surface area (Å²) < 4.78 is 1.84. The van der Waals surface area contributed by atoms with Gasteiger partial charge in [-0.05, 0) is 18.9 Å². The SMILES string of the molecule is CC(C)CNC(=O)[C@H](C)NCCn1cccn1. The van der Waals surface area contributed by atoms with Gasteiger partial charge in [0.2, 0.25) is 5.91 Å². The first-order chi connectivity index (χ1) is 8.09. The topological polar surface area (TPSA) is 59.0 Å². The fourth-order valence-electron chi connectivity index (χ4n) is 1.38. The highest BCUT2D eigenvalue weighted by atomic mass is 16.2. The van der Waals surface area contributed by atoms with Crippen LogP contribution < -0.4 is 10.6 Å². The second kappa shape index (κ2) is 7.06. The van der Waals surface area contributed by atoms with E-state index in [1.54, 1.807) is 6.20 Å². The van der Waals surface area contributed by atoms with E-state index in [-0.39, 0.29) is 11.9 Å². The minimum absolute atomic E-state index is 0.0548. The molecule has 0 saturated heterocycles. The Bertz CT molecular complexity index is 321. The van der Waals surface area contributed by atoms with Crippen molar-refractivity contribution in [2.45, 2.75) is 33.4 Å². The van der Waals surface area contributed by atoms with Gasteiger partial charge < -0.3 is 10.6 Å². The van der Waals surface area contributed by atoms with Gasteiger partial charge in [0.15, 0.2) is 0 Å². The maximum Gasteiger partial charge on any atom is 0.236 e. The number of nitrogens with one attached hydrogen (secondary N) is 2. The first kappa shape index (κ1) is 13.7. The van der Waals surface area contributed by atoms with E-state index in [4.69, 9.17) is 0 Å². The van der Waals surface area contributed by atoms with Crippen LogP contribution in [0.15, 0.2) is 18.5 Å². The molecule has 1 amide bonds. The second-order valence-electron chi connectivity index (χ2n) is 4.58. The zero-order chi connectivity index (χ0) is 12.7. The van der Waals surface area contributed by atoms with Crippen molar-refractivity contribution in [3.63, 3.8) is 0 Å². The summed E-state index contributed by atoms with van der Waals surface area (Å²) >= 11 is 0. The molecule has 1 aromatic heterocycles. The summed E-state index contributed by atoms with van der Waals surface area (Å²) in [5.41, 5.74) is 0. The van der Waals surface area contributed by atoms with Crippen LogP contribution in [-0.4, -0.2) is 34.8 Å². The molecule has 0 aromatic carbocycles. The summed E-state index contributed by atoms with van der Waals surface area (Å²) in [6.45, 7) is 8.27. The molecule has 0 saturated carbocycles. The summed E-state index contributed by atoms with van der Waals surface area (Å²) in [6.07, 6.45) is 3.66. The Kier molecular flexibility index (Phi) is 5.69. The van der Waals surface area contributed by atoms with Gasteiger partial charge in [0.25, 0.3) is 0 Å². The number of carbonyl (C=O) groups excluding carboxylic acids is 1. The molecule has 5 nitrogen and oxygen atoms in total. The quantitative estimate of drug-likeness (QED) is 0.732. The van der Waals surface area contributed by atoms with Crippen LogP contribution in [0, 0.1) is 5.92 Å². The summed E-state index contributed by atoms with van der Waals surface area (Å²) in [5, 5.41) is 10.2. The molecular formula is C12H22N4O. The molecule has 0 fully saturated rings. The van der Waals surface area contributed by atoms with Gasteiger partial charge in [0, 0.05) is 25.5 Å². The summed E-state index contributed by atoms with van der Waals surface area (Å²) in [4.78, 5) is 11.6. The largest absolute Gasteiger partial charge is 0.354 e. The predicted octanol–water partition coefficient (Wildman–Crippen LogP) is 0.633. The molecule has 0 bridgehead atoms. The van der Waals surface area contributed by atoms with E-state index < -0.39 is 0 Å². The molecule has 5 heteroatoms. The number of amides is 1. The smallest absolute Gasteiger partial charge is 0.236 e. The molecule has 1 atom stereocenters. The normalized spacial score (nSPS) is 12.7. The minimum Gasteiger partial charge on any atom is -0.354 e. The Morgan fingerprint density at radius 2 is 2.18 bits per heavy atom. The molecule has 1 heterocycles. The van der Waals surface area contributed by atoms with Gasteiger partial charge >= 0.3 is 0 Å². The molecule has 0 unspecified atom stereocenters. The Labute approximate surface area is 103 Å². The zero-order valence-electron chi connectivity index (χ0n) is 10.8. The Balaban J connectivity index is 2.15. The highest BCUT2D eigenvalue weighted by molar-refractivity contribution is 5.81. The third-order valence-corrected chi connectivity index (χ3v) is 2.43. The maximum atomic E-state index is 11.6. The van der Waals surface area contributed by atoms with Crippen LogP contribution >= 0.6 is 0 Å². The molecule has 2 N–H and O–H groups in total. The van der Waals surface area contributed by atoms with Gasteiger partial charge in [0.05, 0.1) is 12.6 Å².